The van der Waals surface area contributed by atoms with E-state index in [0.29, 0.717) is 38.7 Å². The maximum Gasteiger partial charge on any atom is 0.457 e. The van der Waals surface area contributed by atoms with Crippen LogP contribution in [-0.2, 0) is 30.2 Å². The number of fused-ring (bicyclic) bond motifs is 1. The Morgan fingerprint density at radius 2 is 1.88 bits per heavy atom. The molecule has 3 aliphatic rings. The third-order valence-electron chi connectivity index (χ3n) is 9.36. The van der Waals surface area contributed by atoms with Gasteiger partial charge in [0, 0.05) is 18.0 Å². The SMILES string of the molecule is CCC1(C)OB(CCC[C@H]2[C@@H]3CN(C(=O)OC(C)(C)C)C[C@@H]3C[C@@]2(N=[N+]=[N-])C(=O)OCc2ccccc2)OC1(C)C. The van der Waals surface area contributed by atoms with Crippen LogP contribution in [0.25, 0.3) is 10.4 Å². The predicted octanol–water partition coefficient (Wildman–Crippen LogP) is 6.54. The predicted molar refractivity (Wildman–Crippen MR) is 156 cm³/mol. The van der Waals surface area contributed by atoms with Crippen LogP contribution < -0.4 is 0 Å². The molecule has 0 aromatic heterocycles. The molecule has 11 heteroatoms. The van der Waals surface area contributed by atoms with Crippen molar-refractivity contribution in [2.24, 2.45) is 22.9 Å². The van der Waals surface area contributed by atoms with Crippen molar-refractivity contribution >= 4 is 19.2 Å². The van der Waals surface area contributed by atoms with Crippen LogP contribution in [0.2, 0.25) is 6.32 Å². The summed E-state index contributed by atoms with van der Waals surface area (Å²) in [6.07, 6.45) is 2.76. The largest absolute Gasteiger partial charge is 0.460 e. The van der Waals surface area contributed by atoms with Gasteiger partial charge in [0.05, 0.1) is 11.2 Å². The molecule has 0 bridgehead atoms. The molecule has 10 nitrogen and oxygen atoms in total. The Morgan fingerprint density at radius 3 is 2.49 bits per heavy atom. The van der Waals surface area contributed by atoms with E-state index in [1.807, 2.05) is 51.1 Å². The summed E-state index contributed by atoms with van der Waals surface area (Å²) in [7, 11) is -0.354. The smallest absolute Gasteiger partial charge is 0.457 e. The first kappa shape index (κ1) is 31.2. The average molecular weight is 569 g/mol. The van der Waals surface area contributed by atoms with E-state index in [4.69, 9.17) is 18.8 Å². The van der Waals surface area contributed by atoms with E-state index in [1.54, 1.807) is 4.90 Å². The van der Waals surface area contributed by atoms with Gasteiger partial charge in [-0.3, -0.25) is 4.79 Å². The van der Waals surface area contributed by atoms with Gasteiger partial charge in [-0.1, -0.05) is 48.8 Å². The molecule has 41 heavy (non-hydrogen) atoms. The Morgan fingerprint density at radius 1 is 1.17 bits per heavy atom. The van der Waals surface area contributed by atoms with Gasteiger partial charge in [-0.05, 0) is 96.0 Å². The molecular weight excluding hydrogens is 523 g/mol. The number of hydrogen-bond acceptors (Lipinski definition) is 7. The van der Waals surface area contributed by atoms with Crippen LogP contribution >= 0.6 is 0 Å². The van der Waals surface area contributed by atoms with Crippen LogP contribution in [0.5, 0.6) is 0 Å². The topological polar surface area (TPSA) is 123 Å². The molecule has 1 amide bonds. The number of carbonyl (C=O) groups is 2. The van der Waals surface area contributed by atoms with Crippen molar-refractivity contribution in [3.63, 3.8) is 0 Å². The second kappa shape index (κ2) is 11.9. The molecule has 0 spiro atoms. The average Bonchev–Trinajstić information content (AvgIpc) is 3.51. The molecule has 2 heterocycles. The van der Waals surface area contributed by atoms with Gasteiger partial charge >= 0.3 is 19.2 Å². The second-order valence-corrected chi connectivity index (χ2v) is 13.5. The minimum absolute atomic E-state index is 0.0106. The molecule has 0 radical (unpaired) electrons. The fraction of sp³-hybridized carbons (Fsp3) is 0.733. The van der Waals surface area contributed by atoms with Crippen molar-refractivity contribution in [2.45, 2.75) is 109 Å². The summed E-state index contributed by atoms with van der Waals surface area (Å²) >= 11 is 0. The second-order valence-electron chi connectivity index (χ2n) is 13.5. The number of likely N-dealkylation sites (tertiary alicyclic amines) is 1. The van der Waals surface area contributed by atoms with Crippen LogP contribution in [-0.4, -0.2) is 59.5 Å². The molecule has 0 N–H and O–H groups in total. The first-order valence-corrected chi connectivity index (χ1v) is 14.8. The summed E-state index contributed by atoms with van der Waals surface area (Å²) in [4.78, 5) is 31.6. The van der Waals surface area contributed by atoms with Gasteiger partial charge in [-0.2, -0.15) is 0 Å². The standard InChI is InChI=1S/C30H45BN4O6/c1-8-29(7)28(5,6)40-31(41-29)16-12-15-24-23-19-35(26(37)39-27(2,3)4)18-22(23)17-30(24,33-34-32)25(36)38-20-21-13-10-9-11-14-21/h9-11,13-14,22-24H,8,12,15-20H2,1-7H3/t22-,23+,24-,29?,30-/m0/s1. The van der Waals surface area contributed by atoms with Gasteiger partial charge in [0.25, 0.3) is 0 Å². The summed E-state index contributed by atoms with van der Waals surface area (Å²) in [5, 5.41) is 4.18. The van der Waals surface area contributed by atoms with Gasteiger partial charge < -0.3 is 23.7 Å². The first-order valence-electron chi connectivity index (χ1n) is 14.8. The number of nitrogens with zero attached hydrogens (tertiary/aromatic N) is 4. The normalized spacial score (nSPS) is 30.6. The third kappa shape index (κ3) is 6.52. The summed E-state index contributed by atoms with van der Waals surface area (Å²) in [6, 6.07) is 9.45. The third-order valence-corrected chi connectivity index (χ3v) is 9.36. The molecule has 3 fully saturated rings. The molecule has 5 atom stereocenters. The summed E-state index contributed by atoms with van der Waals surface area (Å²) in [5.41, 5.74) is 7.76. The Labute approximate surface area is 244 Å². The van der Waals surface area contributed by atoms with Gasteiger partial charge in [0.2, 0.25) is 0 Å². The van der Waals surface area contributed by atoms with E-state index >= 15 is 0 Å². The fourth-order valence-corrected chi connectivity index (χ4v) is 6.76. The zero-order chi connectivity index (χ0) is 30.1. The van der Waals surface area contributed by atoms with Crippen LogP contribution in [0.4, 0.5) is 4.79 Å². The lowest BCUT2D eigenvalue weighted by Crippen LogP contribution is -2.45. The van der Waals surface area contributed by atoms with Crippen molar-refractivity contribution in [1.29, 1.82) is 0 Å². The molecule has 1 aromatic carbocycles. The summed E-state index contributed by atoms with van der Waals surface area (Å²) in [5.74, 6) is -0.842. The Kier molecular flexibility index (Phi) is 9.02. The zero-order valence-corrected chi connectivity index (χ0v) is 25.6. The maximum absolute atomic E-state index is 13.8. The van der Waals surface area contributed by atoms with Crippen molar-refractivity contribution in [1.82, 2.24) is 4.90 Å². The molecule has 1 aliphatic carbocycles. The lowest BCUT2D eigenvalue weighted by Gasteiger charge is -2.35. The summed E-state index contributed by atoms with van der Waals surface area (Å²) in [6.45, 7) is 14.8. The lowest BCUT2D eigenvalue weighted by atomic mass is 9.75. The van der Waals surface area contributed by atoms with Crippen LogP contribution in [0, 0.1) is 17.8 Å². The lowest BCUT2D eigenvalue weighted by molar-refractivity contribution is -0.153. The van der Waals surface area contributed by atoms with Gasteiger partial charge in [0.15, 0.2) is 0 Å². The van der Waals surface area contributed by atoms with E-state index < -0.39 is 22.7 Å². The fourth-order valence-electron chi connectivity index (χ4n) is 6.76. The number of hydrogen-bond donors (Lipinski definition) is 0. The van der Waals surface area contributed by atoms with Crippen molar-refractivity contribution in [3.05, 3.63) is 46.3 Å². The monoisotopic (exact) mass is 568 g/mol. The number of ether oxygens (including phenoxy) is 2. The van der Waals surface area contributed by atoms with Gasteiger partial charge in [-0.15, -0.1) is 0 Å². The Balaban J connectivity index is 1.52. The Bertz CT molecular complexity index is 1150. The van der Waals surface area contributed by atoms with Crippen molar-refractivity contribution in [3.8, 4) is 0 Å². The van der Waals surface area contributed by atoms with Gasteiger partial charge in [-0.25, -0.2) is 4.79 Å². The number of azide groups is 1. The highest BCUT2D eigenvalue weighted by Gasteiger charge is 2.61. The molecule has 1 unspecified atom stereocenters. The molecule has 4 rings (SSSR count). The van der Waals surface area contributed by atoms with E-state index in [2.05, 4.69) is 37.7 Å². The molecule has 224 valence electrons. The molecule has 2 aliphatic heterocycles. The first-order chi connectivity index (χ1) is 19.2. The quantitative estimate of drug-likeness (QED) is 0.110. The highest BCUT2D eigenvalue weighted by molar-refractivity contribution is 6.45. The molecule has 1 aromatic rings. The van der Waals surface area contributed by atoms with Crippen molar-refractivity contribution < 1.29 is 28.4 Å². The minimum atomic E-state index is -1.34. The number of benzene rings is 1. The van der Waals surface area contributed by atoms with E-state index in [1.165, 1.54) is 0 Å². The van der Waals surface area contributed by atoms with Gasteiger partial charge in [0.1, 0.15) is 17.7 Å². The molecule has 1 saturated carbocycles. The molecular formula is C30H45BN4O6. The minimum Gasteiger partial charge on any atom is -0.460 e. The highest BCUT2D eigenvalue weighted by Crippen LogP contribution is 2.53. The van der Waals surface area contributed by atoms with E-state index in [9.17, 15) is 15.1 Å². The molecule has 2 saturated heterocycles. The van der Waals surface area contributed by atoms with E-state index in [-0.39, 0.29) is 43.2 Å². The van der Waals surface area contributed by atoms with E-state index in [0.717, 1.165) is 12.0 Å². The zero-order valence-electron chi connectivity index (χ0n) is 25.6. The van der Waals surface area contributed by atoms with Crippen LogP contribution in [0.3, 0.4) is 0 Å². The number of rotatable bonds is 9. The Hall–Kier alpha value is -2.75. The number of esters is 1. The van der Waals surface area contributed by atoms with Crippen LogP contribution in [0.1, 0.15) is 79.7 Å². The van der Waals surface area contributed by atoms with Crippen LogP contribution in [0.15, 0.2) is 35.4 Å². The number of carbonyl (C=O) groups excluding carboxylic acids is 2. The maximum atomic E-state index is 13.8. The highest BCUT2D eigenvalue weighted by atomic mass is 16.7. The summed E-state index contributed by atoms with van der Waals surface area (Å²) < 4.78 is 24.0. The number of amides is 1. The van der Waals surface area contributed by atoms with Crippen molar-refractivity contribution in [2.75, 3.05) is 13.1 Å².